The lowest BCUT2D eigenvalue weighted by molar-refractivity contribution is 0.851. The Hall–Kier alpha value is -0.800. The molecule has 1 aromatic carbocycles. The van der Waals surface area contributed by atoms with Crippen LogP contribution in [0, 0.1) is 6.92 Å². The second-order valence-electron chi connectivity index (χ2n) is 3.27. The van der Waals surface area contributed by atoms with Gasteiger partial charge in [0.25, 0.3) is 0 Å². The first-order chi connectivity index (χ1) is 7.22. The topological polar surface area (TPSA) is 17.8 Å². The lowest BCUT2D eigenvalue weighted by atomic mass is 10.2. The molecule has 2 nitrogen and oxygen atoms in total. The molecule has 0 aliphatic rings. The number of rotatable bonds is 2. The van der Waals surface area contributed by atoms with Crippen molar-refractivity contribution in [2.75, 3.05) is 0 Å². The van der Waals surface area contributed by atoms with Gasteiger partial charge < -0.3 is 0 Å². The minimum absolute atomic E-state index is 0.444. The second kappa shape index (κ2) is 4.37. The number of hydrogen-bond acceptors (Lipinski definition) is 1. The van der Waals surface area contributed by atoms with Crippen molar-refractivity contribution in [1.29, 1.82) is 0 Å². The zero-order valence-electron chi connectivity index (χ0n) is 8.24. The average Bonchev–Trinajstić information content (AvgIpc) is 2.70. The molecule has 15 heavy (non-hydrogen) atoms. The summed E-state index contributed by atoms with van der Waals surface area (Å²) in [6.45, 7) is 2.06. The van der Waals surface area contributed by atoms with Gasteiger partial charge >= 0.3 is 0 Å². The highest BCUT2D eigenvalue weighted by atomic mass is 79.9. The van der Waals surface area contributed by atoms with E-state index < -0.39 is 0 Å². The van der Waals surface area contributed by atoms with Crippen molar-refractivity contribution < 1.29 is 0 Å². The maximum absolute atomic E-state index is 5.71. The van der Waals surface area contributed by atoms with E-state index in [2.05, 4.69) is 28.0 Å². The summed E-state index contributed by atoms with van der Waals surface area (Å²) in [5.41, 5.74) is 3.12. The van der Waals surface area contributed by atoms with Gasteiger partial charge in [-0.1, -0.05) is 22.0 Å². The summed E-state index contributed by atoms with van der Waals surface area (Å²) in [4.78, 5) is 0. The molecule has 0 saturated heterocycles. The summed E-state index contributed by atoms with van der Waals surface area (Å²) in [5.74, 6) is 0.444. The van der Waals surface area contributed by atoms with Gasteiger partial charge in [-0.05, 0) is 30.7 Å². The smallest absolute Gasteiger partial charge is 0.0776 e. The highest BCUT2D eigenvalue weighted by molar-refractivity contribution is 9.10. The fraction of sp³-hybridized carbons (Fsp3) is 0.182. The SMILES string of the molecule is Cc1c(Br)cccc1-n1ccc(CCl)n1. The van der Waals surface area contributed by atoms with Gasteiger partial charge in [-0.3, -0.25) is 0 Å². The van der Waals surface area contributed by atoms with Crippen LogP contribution in [0.5, 0.6) is 0 Å². The number of alkyl halides is 1. The van der Waals surface area contributed by atoms with E-state index in [0.29, 0.717) is 5.88 Å². The van der Waals surface area contributed by atoms with Gasteiger partial charge in [0.05, 0.1) is 17.3 Å². The molecule has 0 atom stereocenters. The average molecular weight is 286 g/mol. The predicted octanol–water partition coefficient (Wildman–Crippen LogP) is 3.68. The number of hydrogen-bond donors (Lipinski definition) is 0. The molecule has 0 aliphatic heterocycles. The van der Waals surface area contributed by atoms with Gasteiger partial charge in [0.2, 0.25) is 0 Å². The van der Waals surface area contributed by atoms with Gasteiger partial charge in [-0.2, -0.15) is 5.10 Å². The molecule has 1 aromatic heterocycles. The Labute approximate surface area is 102 Å². The predicted molar refractivity (Wildman–Crippen MR) is 65.6 cm³/mol. The molecule has 0 unspecified atom stereocenters. The van der Waals surface area contributed by atoms with Crippen LogP contribution in [0.2, 0.25) is 0 Å². The van der Waals surface area contributed by atoms with Crippen LogP contribution in [0.25, 0.3) is 5.69 Å². The lowest BCUT2D eigenvalue weighted by Gasteiger charge is -2.06. The molecule has 4 heteroatoms. The normalized spacial score (nSPS) is 10.6. The van der Waals surface area contributed by atoms with Crippen LogP contribution < -0.4 is 0 Å². The maximum Gasteiger partial charge on any atom is 0.0776 e. The van der Waals surface area contributed by atoms with Crippen LogP contribution in [0.1, 0.15) is 11.3 Å². The summed E-state index contributed by atoms with van der Waals surface area (Å²) in [5, 5.41) is 4.36. The van der Waals surface area contributed by atoms with Crippen molar-refractivity contribution in [2.45, 2.75) is 12.8 Å². The third-order valence-electron chi connectivity index (χ3n) is 2.27. The molecule has 0 aliphatic carbocycles. The Morgan fingerprint density at radius 2 is 2.20 bits per heavy atom. The van der Waals surface area contributed by atoms with Gasteiger partial charge in [-0.25, -0.2) is 4.68 Å². The molecule has 78 valence electrons. The van der Waals surface area contributed by atoms with Crippen molar-refractivity contribution in [3.63, 3.8) is 0 Å². The van der Waals surface area contributed by atoms with Crippen molar-refractivity contribution >= 4 is 27.5 Å². The molecule has 2 aromatic rings. The van der Waals surface area contributed by atoms with E-state index in [1.54, 1.807) is 0 Å². The zero-order chi connectivity index (χ0) is 10.8. The minimum Gasteiger partial charge on any atom is -0.240 e. The van der Waals surface area contributed by atoms with E-state index in [1.165, 1.54) is 5.56 Å². The van der Waals surface area contributed by atoms with E-state index >= 15 is 0 Å². The Balaban J connectivity index is 2.49. The molecule has 0 fully saturated rings. The summed E-state index contributed by atoms with van der Waals surface area (Å²) in [6, 6.07) is 7.97. The molecule has 2 rings (SSSR count). The fourth-order valence-corrected chi connectivity index (χ4v) is 1.91. The largest absolute Gasteiger partial charge is 0.240 e. The third kappa shape index (κ3) is 2.08. The Bertz CT molecular complexity index is 479. The van der Waals surface area contributed by atoms with Crippen LogP contribution in [0.15, 0.2) is 34.9 Å². The Morgan fingerprint density at radius 3 is 2.87 bits per heavy atom. The van der Waals surface area contributed by atoms with E-state index in [-0.39, 0.29) is 0 Å². The lowest BCUT2D eigenvalue weighted by Crippen LogP contribution is -1.98. The Kier molecular flexibility index (Phi) is 3.12. The van der Waals surface area contributed by atoms with Crippen LogP contribution in [0.3, 0.4) is 0 Å². The monoisotopic (exact) mass is 284 g/mol. The first-order valence-electron chi connectivity index (χ1n) is 4.58. The van der Waals surface area contributed by atoms with Gasteiger partial charge in [0.1, 0.15) is 0 Å². The van der Waals surface area contributed by atoms with Crippen LogP contribution in [-0.4, -0.2) is 9.78 Å². The van der Waals surface area contributed by atoms with Crippen LogP contribution in [-0.2, 0) is 5.88 Å². The number of halogens is 2. The minimum atomic E-state index is 0.444. The van der Waals surface area contributed by atoms with Gasteiger partial charge in [0, 0.05) is 10.7 Å². The van der Waals surface area contributed by atoms with E-state index in [9.17, 15) is 0 Å². The first kappa shape index (κ1) is 10.7. The van der Waals surface area contributed by atoms with Crippen molar-refractivity contribution in [2.24, 2.45) is 0 Å². The van der Waals surface area contributed by atoms with Crippen molar-refractivity contribution in [1.82, 2.24) is 9.78 Å². The van der Waals surface area contributed by atoms with E-state index in [1.807, 2.05) is 35.1 Å². The quantitative estimate of drug-likeness (QED) is 0.770. The fourth-order valence-electron chi connectivity index (χ4n) is 1.41. The standard InChI is InChI=1S/C11H10BrClN2/c1-8-10(12)3-2-4-11(8)15-6-5-9(7-13)14-15/h2-6H,7H2,1H3. The maximum atomic E-state index is 5.71. The molecular weight excluding hydrogens is 275 g/mol. The first-order valence-corrected chi connectivity index (χ1v) is 5.91. The Morgan fingerprint density at radius 1 is 1.40 bits per heavy atom. The molecule has 0 bridgehead atoms. The number of aromatic nitrogens is 2. The molecule has 0 radical (unpaired) electrons. The molecular formula is C11H10BrClN2. The van der Waals surface area contributed by atoms with Gasteiger partial charge in [0.15, 0.2) is 0 Å². The van der Waals surface area contributed by atoms with E-state index in [4.69, 9.17) is 11.6 Å². The molecule has 0 N–H and O–H groups in total. The molecule has 0 amide bonds. The highest BCUT2D eigenvalue weighted by Gasteiger charge is 2.05. The molecule has 0 saturated carbocycles. The zero-order valence-corrected chi connectivity index (χ0v) is 10.6. The molecule has 0 spiro atoms. The van der Waals surface area contributed by atoms with Crippen molar-refractivity contribution in [3.05, 3.63) is 46.2 Å². The number of benzene rings is 1. The summed E-state index contributed by atoms with van der Waals surface area (Å²) < 4.78 is 2.93. The second-order valence-corrected chi connectivity index (χ2v) is 4.39. The van der Waals surface area contributed by atoms with E-state index in [0.717, 1.165) is 15.9 Å². The van der Waals surface area contributed by atoms with Crippen LogP contribution >= 0.6 is 27.5 Å². The summed E-state index contributed by atoms with van der Waals surface area (Å²) in [7, 11) is 0. The summed E-state index contributed by atoms with van der Waals surface area (Å²) >= 11 is 9.21. The number of nitrogens with zero attached hydrogens (tertiary/aromatic N) is 2. The van der Waals surface area contributed by atoms with Crippen LogP contribution in [0.4, 0.5) is 0 Å². The molecule has 1 heterocycles. The van der Waals surface area contributed by atoms with Gasteiger partial charge in [-0.15, -0.1) is 11.6 Å². The third-order valence-corrected chi connectivity index (χ3v) is 3.40. The van der Waals surface area contributed by atoms with Crippen molar-refractivity contribution in [3.8, 4) is 5.69 Å². The highest BCUT2D eigenvalue weighted by Crippen LogP contribution is 2.22. The summed E-state index contributed by atoms with van der Waals surface area (Å²) in [6.07, 6.45) is 1.92.